The third kappa shape index (κ3) is 4.12. The average Bonchev–Trinajstić information content (AvgIpc) is 3.44. The number of carbonyl (C=O) groups is 4. The van der Waals surface area contributed by atoms with Gasteiger partial charge in [-0.1, -0.05) is 77.3 Å². The Labute approximate surface area is 285 Å². The van der Waals surface area contributed by atoms with E-state index in [2.05, 4.69) is 0 Å². The molecule has 10 heteroatoms. The van der Waals surface area contributed by atoms with Crippen LogP contribution in [0.5, 0.6) is 5.75 Å². The van der Waals surface area contributed by atoms with Crippen LogP contribution in [0.3, 0.4) is 0 Å². The van der Waals surface area contributed by atoms with E-state index in [-0.39, 0.29) is 41.1 Å². The van der Waals surface area contributed by atoms with Gasteiger partial charge in [0.05, 0.1) is 39.6 Å². The number of hydrogen-bond acceptors (Lipinski definition) is 5. The lowest BCUT2D eigenvalue weighted by Crippen LogP contribution is -2.48. The number of halogens is 3. The molecule has 48 heavy (non-hydrogen) atoms. The fraction of sp³-hybridized carbons (Fsp3) is 0.263. The molecule has 8 rings (SSSR count). The summed E-state index contributed by atoms with van der Waals surface area (Å²) >= 11 is 12.5. The number of amides is 4. The van der Waals surface area contributed by atoms with E-state index in [1.165, 1.54) is 17.0 Å². The largest absolute Gasteiger partial charge is 0.507 e. The second-order valence-corrected chi connectivity index (χ2v) is 14.2. The third-order valence-electron chi connectivity index (χ3n) is 11.1. The van der Waals surface area contributed by atoms with E-state index in [0.29, 0.717) is 21.7 Å². The molecule has 242 valence electrons. The first-order chi connectivity index (χ1) is 22.9. The van der Waals surface area contributed by atoms with Crippen molar-refractivity contribution in [2.24, 2.45) is 29.1 Å². The van der Waals surface area contributed by atoms with Gasteiger partial charge in [0.2, 0.25) is 23.6 Å². The van der Waals surface area contributed by atoms with Crippen LogP contribution >= 0.6 is 23.2 Å². The van der Waals surface area contributed by atoms with Crippen molar-refractivity contribution in [2.45, 2.75) is 32.6 Å². The minimum absolute atomic E-state index is 0.0185. The van der Waals surface area contributed by atoms with Crippen molar-refractivity contribution in [3.05, 3.63) is 111 Å². The summed E-state index contributed by atoms with van der Waals surface area (Å²) in [6.07, 6.45) is 2.31. The van der Waals surface area contributed by atoms with Gasteiger partial charge in [-0.15, -0.1) is 0 Å². The van der Waals surface area contributed by atoms with E-state index >= 15 is 0 Å². The van der Waals surface area contributed by atoms with Crippen LogP contribution in [-0.2, 0) is 19.2 Å². The zero-order chi connectivity index (χ0) is 33.8. The fourth-order valence-corrected chi connectivity index (χ4v) is 9.06. The van der Waals surface area contributed by atoms with Crippen LogP contribution in [0.25, 0.3) is 10.8 Å². The summed E-state index contributed by atoms with van der Waals surface area (Å²) in [5.41, 5.74) is 1.13. The molecule has 2 aliphatic carbocycles. The van der Waals surface area contributed by atoms with Crippen molar-refractivity contribution < 1.29 is 28.7 Å². The molecule has 0 radical (unpaired) electrons. The molecule has 2 saturated heterocycles. The molecule has 3 fully saturated rings. The molecule has 1 saturated carbocycles. The molecular formula is C38H29Cl2FN2O5. The Balaban J connectivity index is 1.30. The number of aromatic hydroxyl groups is 1. The normalized spacial score (nSPS) is 28.1. The van der Waals surface area contributed by atoms with Crippen LogP contribution in [-0.4, -0.2) is 28.7 Å². The predicted octanol–water partition coefficient (Wildman–Crippen LogP) is 7.74. The highest BCUT2D eigenvalue weighted by Crippen LogP contribution is 2.65. The van der Waals surface area contributed by atoms with Crippen LogP contribution in [0.15, 0.2) is 84.4 Å². The van der Waals surface area contributed by atoms with Gasteiger partial charge in [0, 0.05) is 21.9 Å². The molecule has 0 aromatic heterocycles. The van der Waals surface area contributed by atoms with E-state index in [1.54, 1.807) is 37.3 Å². The first kappa shape index (κ1) is 30.8. The lowest BCUT2D eigenvalue weighted by atomic mass is 9.51. The highest BCUT2D eigenvalue weighted by Gasteiger charge is 2.68. The van der Waals surface area contributed by atoms with Crippen molar-refractivity contribution in [3.8, 4) is 5.75 Å². The zero-order valence-corrected chi connectivity index (χ0v) is 27.4. The van der Waals surface area contributed by atoms with E-state index in [9.17, 15) is 28.7 Å². The van der Waals surface area contributed by atoms with Gasteiger partial charge in [0.1, 0.15) is 11.6 Å². The van der Waals surface area contributed by atoms with Crippen molar-refractivity contribution >= 4 is 69.0 Å². The first-order valence-corrected chi connectivity index (χ1v) is 16.6. The summed E-state index contributed by atoms with van der Waals surface area (Å²) in [6.45, 7) is 3.56. The van der Waals surface area contributed by atoms with E-state index < -0.39 is 52.6 Å². The average molecular weight is 684 g/mol. The van der Waals surface area contributed by atoms with Gasteiger partial charge in [0.15, 0.2) is 0 Å². The summed E-state index contributed by atoms with van der Waals surface area (Å²) in [7, 11) is 0. The van der Waals surface area contributed by atoms with Crippen molar-refractivity contribution in [1.29, 1.82) is 0 Å². The van der Waals surface area contributed by atoms with E-state index in [1.807, 2.05) is 37.3 Å². The molecule has 4 aromatic carbocycles. The second-order valence-electron chi connectivity index (χ2n) is 13.4. The van der Waals surface area contributed by atoms with Gasteiger partial charge < -0.3 is 5.11 Å². The molecule has 6 unspecified atom stereocenters. The quantitative estimate of drug-likeness (QED) is 0.176. The van der Waals surface area contributed by atoms with Gasteiger partial charge >= 0.3 is 0 Å². The first-order valence-electron chi connectivity index (χ1n) is 15.8. The molecule has 2 aliphatic heterocycles. The molecule has 4 amide bonds. The number of phenolic OH excluding ortho intramolecular Hbond substituents is 1. The van der Waals surface area contributed by atoms with Crippen LogP contribution in [0, 0.1) is 41.8 Å². The smallest absolute Gasteiger partial charge is 0.241 e. The molecule has 4 aliphatic rings. The number of nitrogens with zero attached hydrogens (tertiary/aromatic N) is 2. The Morgan fingerprint density at radius 3 is 2.29 bits per heavy atom. The third-order valence-corrected chi connectivity index (χ3v) is 11.8. The second kappa shape index (κ2) is 10.7. The van der Waals surface area contributed by atoms with Crippen molar-refractivity contribution in [3.63, 3.8) is 0 Å². The number of aryl methyl sites for hydroxylation is 1. The van der Waals surface area contributed by atoms with Gasteiger partial charge in [-0.25, -0.2) is 14.2 Å². The maximum Gasteiger partial charge on any atom is 0.241 e. The maximum absolute atomic E-state index is 14.7. The van der Waals surface area contributed by atoms with Crippen LogP contribution in [0.4, 0.5) is 15.8 Å². The number of imide groups is 2. The summed E-state index contributed by atoms with van der Waals surface area (Å²) in [6, 6.07) is 19.7. The Hall–Kier alpha value is -4.53. The predicted molar refractivity (Wildman–Crippen MR) is 180 cm³/mol. The standard InChI is InChI=1S/C38H29Cl2FN2O5/c1-18-7-9-20(15-28(18)39)42-34(45)24-13-12-23-26(31(24)36(42)47)17-27-35(46)43(21-10-14-30(41)29(40)16-21)37(48)38(27,2)32(23)25-11-8-19-5-3-4-6-22(19)33(25)44/h3-12,14-16,24,26-27,31-32,44H,13,17H2,1-2H3. The van der Waals surface area contributed by atoms with Crippen molar-refractivity contribution in [1.82, 2.24) is 0 Å². The minimum Gasteiger partial charge on any atom is -0.507 e. The van der Waals surface area contributed by atoms with Crippen LogP contribution in [0.1, 0.15) is 36.8 Å². The number of benzene rings is 4. The maximum atomic E-state index is 14.7. The molecule has 4 aromatic rings. The number of hydrogen-bond donors (Lipinski definition) is 1. The Bertz CT molecular complexity index is 2170. The van der Waals surface area contributed by atoms with Gasteiger partial charge in [-0.05, 0) is 73.9 Å². The van der Waals surface area contributed by atoms with Gasteiger partial charge in [-0.2, -0.15) is 0 Å². The number of rotatable bonds is 3. The lowest BCUT2D eigenvalue weighted by molar-refractivity contribution is -0.131. The SMILES string of the molecule is Cc1ccc(N2C(=O)C3CC=C4C(CC5C(=O)N(c6ccc(F)c(Cl)c6)C(=O)C5(C)C4c4ccc5ccccc5c4O)C3C2=O)cc1Cl. The molecule has 0 spiro atoms. The highest BCUT2D eigenvalue weighted by molar-refractivity contribution is 6.32. The summed E-state index contributed by atoms with van der Waals surface area (Å²) < 4.78 is 14.2. The molecule has 6 atom stereocenters. The summed E-state index contributed by atoms with van der Waals surface area (Å²) in [4.78, 5) is 59.5. The molecular weight excluding hydrogens is 654 g/mol. The minimum atomic E-state index is -1.39. The molecule has 2 heterocycles. The summed E-state index contributed by atoms with van der Waals surface area (Å²) in [5.74, 6) is -6.20. The number of fused-ring (bicyclic) bond motifs is 5. The molecule has 1 N–H and O–H groups in total. The number of carbonyl (C=O) groups excluding carboxylic acids is 4. The van der Waals surface area contributed by atoms with Crippen LogP contribution in [0.2, 0.25) is 10.0 Å². The highest BCUT2D eigenvalue weighted by atomic mass is 35.5. The van der Waals surface area contributed by atoms with Gasteiger partial charge in [-0.3, -0.25) is 19.2 Å². The van der Waals surface area contributed by atoms with E-state index in [4.69, 9.17) is 23.2 Å². The molecule has 7 nitrogen and oxygen atoms in total. The Morgan fingerprint density at radius 2 is 1.54 bits per heavy atom. The van der Waals surface area contributed by atoms with Crippen LogP contribution < -0.4 is 9.80 Å². The summed E-state index contributed by atoms with van der Waals surface area (Å²) in [5, 5.41) is 13.4. The molecule has 0 bridgehead atoms. The van der Waals surface area contributed by atoms with E-state index in [0.717, 1.165) is 27.5 Å². The Kier molecular flexibility index (Phi) is 6.89. The topological polar surface area (TPSA) is 95.0 Å². The van der Waals surface area contributed by atoms with Crippen molar-refractivity contribution in [2.75, 3.05) is 9.80 Å². The zero-order valence-electron chi connectivity index (χ0n) is 25.9. The lowest BCUT2D eigenvalue weighted by Gasteiger charge is -2.49. The van der Waals surface area contributed by atoms with Gasteiger partial charge in [0.25, 0.3) is 0 Å². The number of anilines is 2. The number of phenols is 1. The number of allylic oxidation sites excluding steroid dienone is 2. The Morgan fingerprint density at radius 1 is 0.833 bits per heavy atom. The monoisotopic (exact) mass is 682 g/mol. The fourth-order valence-electron chi connectivity index (χ4n) is 8.71.